The number of Topliss-reactive ketones (excluding diaryl/α,β-unsaturated/α-hetero) is 1. The van der Waals surface area contributed by atoms with Gasteiger partial charge in [-0.1, -0.05) is 30.3 Å². The molecule has 0 aliphatic carbocycles. The summed E-state index contributed by atoms with van der Waals surface area (Å²) < 4.78 is 10.4. The normalized spacial score (nSPS) is 22.5. The Balaban J connectivity index is 1.55. The second kappa shape index (κ2) is 7.36. The van der Waals surface area contributed by atoms with Gasteiger partial charge in [0.15, 0.2) is 5.78 Å². The minimum absolute atomic E-state index is 0.0455. The number of amides is 2. The predicted molar refractivity (Wildman–Crippen MR) is 95.0 cm³/mol. The highest BCUT2D eigenvalue weighted by Gasteiger charge is 2.48. The maximum atomic E-state index is 13.2. The molecule has 140 valence electrons. The molecule has 0 radical (unpaired) electrons. The van der Waals surface area contributed by atoms with Crippen molar-refractivity contribution in [2.45, 2.75) is 31.0 Å². The quantitative estimate of drug-likeness (QED) is 0.856. The van der Waals surface area contributed by atoms with Crippen molar-refractivity contribution in [2.75, 3.05) is 13.2 Å². The van der Waals surface area contributed by atoms with Gasteiger partial charge in [-0.3, -0.25) is 14.4 Å². The number of benzene rings is 1. The van der Waals surface area contributed by atoms with E-state index in [0.29, 0.717) is 24.9 Å². The van der Waals surface area contributed by atoms with Crippen LogP contribution in [0, 0.1) is 0 Å². The first-order chi connectivity index (χ1) is 13.1. The van der Waals surface area contributed by atoms with Crippen molar-refractivity contribution in [3.63, 3.8) is 0 Å². The molecule has 7 heteroatoms. The fourth-order valence-electron chi connectivity index (χ4n) is 3.73. The van der Waals surface area contributed by atoms with Crippen molar-refractivity contribution in [1.29, 1.82) is 0 Å². The molecule has 0 bridgehead atoms. The van der Waals surface area contributed by atoms with Gasteiger partial charge in [-0.2, -0.15) is 0 Å². The highest BCUT2D eigenvalue weighted by atomic mass is 16.5. The molecule has 3 atom stereocenters. The first-order valence-electron chi connectivity index (χ1n) is 8.95. The molecule has 27 heavy (non-hydrogen) atoms. The fraction of sp³-hybridized carbons (Fsp3) is 0.350. The standard InChI is InChI=1S/C20H20N2O5/c23-16-12-27-17-6-8-22(18(16)17)20(25)15(10-13-4-2-1-3-5-13)21-19(24)14-7-9-26-11-14/h1-5,7,9,11,15,17-18H,6,8,10,12H2,(H,21,24). The smallest absolute Gasteiger partial charge is 0.255 e. The zero-order chi connectivity index (χ0) is 18.8. The number of carbonyl (C=O) groups excluding carboxylic acids is 3. The van der Waals surface area contributed by atoms with Gasteiger partial charge in [0.25, 0.3) is 5.91 Å². The molecule has 2 saturated heterocycles. The van der Waals surface area contributed by atoms with Gasteiger partial charge in [-0.25, -0.2) is 0 Å². The third kappa shape index (κ3) is 3.50. The summed E-state index contributed by atoms with van der Waals surface area (Å²) in [6, 6.07) is 9.69. The number of fused-ring (bicyclic) bond motifs is 1. The zero-order valence-corrected chi connectivity index (χ0v) is 14.7. The summed E-state index contributed by atoms with van der Waals surface area (Å²) in [5, 5.41) is 2.80. The summed E-state index contributed by atoms with van der Waals surface area (Å²) in [6.07, 6.45) is 3.48. The van der Waals surface area contributed by atoms with E-state index in [1.165, 1.54) is 12.5 Å². The lowest BCUT2D eigenvalue weighted by Crippen LogP contribution is -2.53. The summed E-state index contributed by atoms with van der Waals surface area (Å²) in [7, 11) is 0. The first-order valence-corrected chi connectivity index (χ1v) is 8.95. The lowest BCUT2D eigenvalue weighted by Gasteiger charge is -2.27. The molecular formula is C20H20N2O5. The second-order valence-corrected chi connectivity index (χ2v) is 6.81. The maximum Gasteiger partial charge on any atom is 0.255 e. The largest absolute Gasteiger partial charge is 0.472 e. The van der Waals surface area contributed by atoms with Crippen LogP contribution in [0.5, 0.6) is 0 Å². The minimum Gasteiger partial charge on any atom is -0.472 e. The Morgan fingerprint density at radius 1 is 1.22 bits per heavy atom. The number of ketones is 1. The number of ether oxygens (including phenoxy) is 1. The Hall–Kier alpha value is -2.93. The monoisotopic (exact) mass is 368 g/mol. The number of nitrogens with zero attached hydrogens (tertiary/aromatic N) is 1. The summed E-state index contributed by atoms with van der Waals surface area (Å²) >= 11 is 0. The maximum absolute atomic E-state index is 13.2. The van der Waals surface area contributed by atoms with Crippen LogP contribution in [-0.2, 0) is 20.7 Å². The molecule has 1 aromatic heterocycles. The molecule has 2 aliphatic rings. The molecule has 2 amide bonds. The molecule has 2 aromatic rings. The van der Waals surface area contributed by atoms with Gasteiger partial charge in [-0.05, 0) is 18.1 Å². The summed E-state index contributed by atoms with van der Waals surface area (Å²) in [5.41, 5.74) is 1.27. The lowest BCUT2D eigenvalue weighted by atomic mass is 10.0. The number of rotatable bonds is 5. The zero-order valence-electron chi connectivity index (χ0n) is 14.7. The summed E-state index contributed by atoms with van der Waals surface area (Å²) in [6.45, 7) is 0.497. The number of carbonyl (C=O) groups is 3. The molecule has 0 spiro atoms. The lowest BCUT2D eigenvalue weighted by molar-refractivity contribution is -0.138. The van der Waals surface area contributed by atoms with E-state index in [1.54, 1.807) is 11.0 Å². The van der Waals surface area contributed by atoms with Crippen molar-refractivity contribution < 1.29 is 23.5 Å². The van der Waals surface area contributed by atoms with Crippen LogP contribution in [0.2, 0.25) is 0 Å². The Kier molecular flexibility index (Phi) is 4.77. The molecule has 0 saturated carbocycles. The fourth-order valence-corrected chi connectivity index (χ4v) is 3.73. The topological polar surface area (TPSA) is 88.9 Å². The van der Waals surface area contributed by atoms with Crippen LogP contribution in [0.25, 0.3) is 0 Å². The average Bonchev–Trinajstić information content (AvgIpc) is 3.41. The van der Waals surface area contributed by atoms with Crippen LogP contribution in [0.3, 0.4) is 0 Å². The second-order valence-electron chi connectivity index (χ2n) is 6.81. The van der Waals surface area contributed by atoms with Crippen molar-refractivity contribution in [2.24, 2.45) is 0 Å². The van der Waals surface area contributed by atoms with E-state index < -0.39 is 12.1 Å². The third-order valence-electron chi connectivity index (χ3n) is 5.06. The molecule has 3 heterocycles. The van der Waals surface area contributed by atoms with E-state index in [9.17, 15) is 14.4 Å². The summed E-state index contributed by atoms with van der Waals surface area (Å²) in [4.78, 5) is 39.4. The third-order valence-corrected chi connectivity index (χ3v) is 5.06. The molecule has 1 N–H and O–H groups in total. The average molecular weight is 368 g/mol. The molecule has 7 nitrogen and oxygen atoms in total. The molecule has 4 rings (SSSR count). The Morgan fingerprint density at radius 3 is 2.78 bits per heavy atom. The van der Waals surface area contributed by atoms with Gasteiger partial charge in [0.1, 0.15) is 25.0 Å². The van der Waals surface area contributed by atoms with Crippen molar-refractivity contribution in [3.05, 3.63) is 60.1 Å². The Morgan fingerprint density at radius 2 is 2.04 bits per heavy atom. The van der Waals surface area contributed by atoms with Crippen LogP contribution < -0.4 is 5.32 Å². The number of hydrogen-bond acceptors (Lipinski definition) is 5. The highest BCUT2D eigenvalue weighted by Crippen LogP contribution is 2.28. The Bertz CT molecular complexity index is 833. The summed E-state index contributed by atoms with van der Waals surface area (Å²) in [5.74, 6) is -0.727. The first kappa shape index (κ1) is 17.5. The van der Waals surface area contributed by atoms with Gasteiger partial charge in [0, 0.05) is 13.0 Å². The van der Waals surface area contributed by atoms with Crippen LogP contribution >= 0.6 is 0 Å². The van der Waals surface area contributed by atoms with Crippen molar-refractivity contribution in [1.82, 2.24) is 10.2 Å². The number of furan rings is 1. The van der Waals surface area contributed by atoms with Crippen molar-refractivity contribution in [3.8, 4) is 0 Å². The predicted octanol–water partition coefficient (Wildman–Crippen LogP) is 1.19. The van der Waals surface area contributed by atoms with E-state index in [0.717, 1.165) is 5.56 Å². The SMILES string of the molecule is O=C(NC(Cc1ccccc1)C(=O)N1CCC2OCC(=O)C21)c1ccoc1. The molecule has 2 fully saturated rings. The molecule has 3 unspecified atom stereocenters. The van der Waals surface area contributed by atoms with E-state index in [4.69, 9.17) is 9.15 Å². The van der Waals surface area contributed by atoms with E-state index in [2.05, 4.69) is 5.32 Å². The van der Waals surface area contributed by atoms with Crippen LogP contribution in [0.1, 0.15) is 22.3 Å². The van der Waals surface area contributed by atoms with Crippen LogP contribution in [-0.4, -0.2) is 53.8 Å². The van der Waals surface area contributed by atoms with E-state index in [-0.39, 0.29) is 30.3 Å². The number of nitrogens with one attached hydrogen (secondary N) is 1. The van der Waals surface area contributed by atoms with Gasteiger partial charge >= 0.3 is 0 Å². The molecule has 1 aromatic carbocycles. The van der Waals surface area contributed by atoms with E-state index >= 15 is 0 Å². The molecular weight excluding hydrogens is 348 g/mol. The van der Waals surface area contributed by atoms with Gasteiger partial charge in [-0.15, -0.1) is 0 Å². The number of hydrogen-bond donors (Lipinski definition) is 1. The van der Waals surface area contributed by atoms with Gasteiger partial charge in [0.05, 0.1) is 17.9 Å². The Labute approximate surface area is 156 Å². The van der Waals surface area contributed by atoms with Crippen LogP contribution in [0.4, 0.5) is 0 Å². The van der Waals surface area contributed by atoms with Crippen LogP contribution in [0.15, 0.2) is 53.3 Å². The van der Waals surface area contributed by atoms with Gasteiger partial charge in [0.2, 0.25) is 5.91 Å². The highest BCUT2D eigenvalue weighted by molar-refractivity contribution is 5.99. The van der Waals surface area contributed by atoms with E-state index in [1.807, 2.05) is 30.3 Å². The number of likely N-dealkylation sites (tertiary alicyclic amines) is 1. The van der Waals surface area contributed by atoms with Gasteiger partial charge < -0.3 is 19.4 Å². The molecule has 2 aliphatic heterocycles. The minimum atomic E-state index is -0.776. The van der Waals surface area contributed by atoms with Crippen molar-refractivity contribution >= 4 is 17.6 Å².